The molecule has 0 spiro atoms. The number of rotatable bonds is 3. The second-order valence-corrected chi connectivity index (χ2v) is 4.42. The van der Waals surface area contributed by atoms with E-state index in [0.29, 0.717) is 6.54 Å². The van der Waals surface area contributed by atoms with Gasteiger partial charge < -0.3 is 10.3 Å². The summed E-state index contributed by atoms with van der Waals surface area (Å²) in [5.41, 5.74) is 6.83. The Morgan fingerprint density at radius 1 is 1.29 bits per heavy atom. The lowest BCUT2D eigenvalue weighted by molar-refractivity contribution is 0.319. The Morgan fingerprint density at radius 2 is 2.07 bits per heavy atom. The molecule has 0 atom stereocenters. The van der Waals surface area contributed by atoms with Gasteiger partial charge in [0, 0.05) is 25.5 Å². The normalized spacial score (nSPS) is 18.6. The smallest absolute Gasteiger partial charge is 0.0248 e. The third-order valence-electron chi connectivity index (χ3n) is 3.24. The maximum atomic E-state index is 5.58. The van der Waals surface area contributed by atoms with Crippen LogP contribution in [0.15, 0.2) is 18.5 Å². The third-order valence-corrected chi connectivity index (χ3v) is 3.24. The summed E-state index contributed by atoms with van der Waals surface area (Å²) in [6.45, 7) is 1.86. The first kappa shape index (κ1) is 9.78. The molecule has 0 amide bonds. The third kappa shape index (κ3) is 2.38. The number of aromatic nitrogens is 1. The van der Waals surface area contributed by atoms with E-state index in [1.54, 1.807) is 0 Å². The summed E-state index contributed by atoms with van der Waals surface area (Å²) in [5.74, 6) is 0.904. The topological polar surface area (TPSA) is 30.9 Å². The molecule has 0 radical (unpaired) electrons. The van der Waals surface area contributed by atoms with Crippen LogP contribution in [0.3, 0.4) is 0 Å². The molecule has 1 saturated carbocycles. The van der Waals surface area contributed by atoms with Crippen molar-refractivity contribution in [1.29, 1.82) is 0 Å². The fourth-order valence-electron chi connectivity index (χ4n) is 2.39. The van der Waals surface area contributed by atoms with E-state index >= 15 is 0 Å². The molecule has 1 aliphatic carbocycles. The fraction of sp³-hybridized carbons (Fsp3) is 0.667. The van der Waals surface area contributed by atoms with Gasteiger partial charge in [-0.3, -0.25) is 0 Å². The summed E-state index contributed by atoms with van der Waals surface area (Å²) in [4.78, 5) is 0. The summed E-state index contributed by atoms with van der Waals surface area (Å²) in [6, 6.07) is 2.13. The van der Waals surface area contributed by atoms with E-state index in [9.17, 15) is 0 Å². The molecule has 2 N–H and O–H groups in total. The van der Waals surface area contributed by atoms with E-state index in [2.05, 4.69) is 23.0 Å². The highest BCUT2D eigenvalue weighted by Gasteiger charge is 2.13. The molecular formula is C12H20N2. The SMILES string of the molecule is NCc1ccn(CC2CCCCC2)c1. The first-order valence-corrected chi connectivity index (χ1v) is 5.73. The average Bonchev–Trinajstić information content (AvgIpc) is 2.67. The molecule has 0 aromatic carbocycles. The molecule has 0 bridgehead atoms. The van der Waals surface area contributed by atoms with Crippen LogP contribution in [0.1, 0.15) is 37.7 Å². The standard InChI is InChI=1S/C12H20N2/c13-8-12-6-7-14(10-12)9-11-4-2-1-3-5-11/h6-7,10-11H,1-5,8-9,13H2. The van der Waals surface area contributed by atoms with Crippen LogP contribution in [0.4, 0.5) is 0 Å². The maximum Gasteiger partial charge on any atom is 0.0248 e. The Balaban J connectivity index is 1.89. The zero-order chi connectivity index (χ0) is 9.80. The average molecular weight is 192 g/mol. The lowest BCUT2D eigenvalue weighted by atomic mass is 9.89. The van der Waals surface area contributed by atoms with Gasteiger partial charge in [-0.05, 0) is 30.4 Å². The Labute approximate surface area is 86.1 Å². The number of hydrogen-bond donors (Lipinski definition) is 1. The van der Waals surface area contributed by atoms with Crippen LogP contribution >= 0.6 is 0 Å². The van der Waals surface area contributed by atoms with Crippen molar-refractivity contribution >= 4 is 0 Å². The maximum absolute atomic E-state index is 5.58. The van der Waals surface area contributed by atoms with Gasteiger partial charge in [0.1, 0.15) is 0 Å². The van der Waals surface area contributed by atoms with Crippen molar-refractivity contribution in [3.05, 3.63) is 24.0 Å². The van der Waals surface area contributed by atoms with Gasteiger partial charge in [0.15, 0.2) is 0 Å². The zero-order valence-electron chi connectivity index (χ0n) is 8.78. The van der Waals surface area contributed by atoms with Crippen molar-refractivity contribution in [3.8, 4) is 0 Å². The van der Waals surface area contributed by atoms with E-state index in [1.165, 1.54) is 44.2 Å². The van der Waals surface area contributed by atoms with Crippen molar-refractivity contribution in [1.82, 2.24) is 4.57 Å². The van der Waals surface area contributed by atoms with Crippen LogP contribution in [0.5, 0.6) is 0 Å². The molecule has 1 aliphatic rings. The van der Waals surface area contributed by atoms with E-state index in [-0.39, 0.29) is 0 Å². The van der Waals surface area contributed by atoms with Crippen LogP contribution < -0.4 is 5.73 Å². The Bertz CT molecular complexity index is 272. The summed E-state index contributed by atoms with van der Waals surface area (Å²) >= 11 is 0. The second-order valence-electron chi connectivity index (χ2n) is 4.42. The van der Waals surface area contributed by atoms with E-state index in [4.69, 9.17) is 5.73 Å². The molecule has 0 unspecified atom stereocenters. The molecule has 1 fully saturated rings. The highest BCUT2D eigenvalue weighted by Crippen LogP contribution is 2.25. The van der Waals surface area contributed by atoms with Crippen LogP contribution in [0, 0.1) is 5.92 Å². The molecule has 78 valence electrons. The van der Waals surface area contributed by atoms with Gasteiger partial charge in [0.25, 0.3) is 0 Å². The highest BCUT2D eigenvalue weighted by atomic mass is 14.9. The molecule has 0 saturated heterocycles. The van der Waals surface area contributed by atoms with E-state index < -0.39 is 0 Å². The molecule has 14 heavy (non-hydrogen) atoms. The molecular weight excluding hydrogens is 172 g/mol. The van der Waals surface area contributed by atoms with Crippen LogP contribution in [-0.4, -0.2) is 4.57 Å². The predicted molar refractivity (Wildman–Crippen MR) is 58.9 cm³/mol. The molecule has 2 nitrogen and oxygen atoms in total. The summed E-state index contributed by atoms with van der Waals surface area (Å²) < 4.78 is 2.30. The van der Waals surface area contributed by atoms with Gasteiger partial charge >= 0.3 is 0 Å². The van der Waals surface area contributed by atoms with Gasteiger partial charge in [0.2, 0.25) is 0 Å². The van der Waals surface area contributed by atoms with Crippen molar-refractivity contribution < 1.29 is 0 Å². The van der Waals surface area contributed by atoms with Crippen molar-refractivity contribution in [2.75, 3.05) is 0 Å². The monoisotopic (exact) mass is 192 g/mol. The molecule has 1 heterocycles. The Kier molecular flexibility index (Phi) is 3.25. The molecule has 1 aromatic heterocycles. The Morgan fingerprint density at radius 3 is 2.71 bits per heavy atom. The summed E-state index contributed by atoms with van der Waals surface area (Å²) in [6.07, 6.45) is 11.5. The minimum atomic E-state index is 0.664. The van der Waals surface area contributed by atoms with E-state index in [1.807, 2.05) is 0 Å². The van der Waals surface area contributed by atoms with Crippen LogP contribution in [0.2, 0.25) is 0 Å². The fourth-order valence-corrected chi connectivity index (χ4v) is 2.39. The lowest BCUT2D eigenvalue weighted by Gasteiger charge is -2.21. The largest absolute Gasteiger partial charge is 0.354 e. The van der Waals surface area contributed by atoms with Gasteiger partial charge in [-0.2, -0.15) is 0 Å². The van der Waals surface area contributed by atoms with Crippen molar-refractivity contribution in [2.24, 2.45) is 11.7 Å². The first-order valence-electron chi connectivity index (χ1n) is 5.73. The van der Waals surface area contributed by atoms with Gasteiger partial charge in [-0.1, -0.05) is 19.3 Å². The molecule has 1 aromatic rings. The second kappa shape index (κ2) is 4.65. The molecule has 2 heteroatoms. The number of nitrogens with zero attached hydrogens (tertiary/aromatic N) is 1. The molecule has 2 rings (SSSR count). The number of nitrogens with two attached hydrogens (primary N) is 1. The van der Waals surface area contributed by atoms with Crippen LogP contribution in [0.25, 0.3) is 0 Å². The van der Waals surface area contributed by atoms with Crippen molar-refractivity contribution in [3.63, 3.8) is 0 Å². The van der Waals surface area contributed by atoms with Gasteiger partial charge in [-0.25, -0.2) is 0 Å². The minimum Gasteiger partial charge on any atom is -0.354 e. The summed E-state index contributed by atoms with van der Waals surface area (Å²) in [7, 11) is 0. The Hall–Kier alpha value is -0.760. The minimum absolute atomic E-state index is 0.664. The van der Waals surface area contributed by atoms with Gasteiger partial charge in [-0.15, -0.1) is 0 Å². The lowest BCUT2D eigenvalue weighted by Crippen LogP contribution is -2.12. The van der Waals surface area contributed by atoms with Gasteiger partial charge in [0.05, 0.1) is 0 Å². The summed E-state index contributed by atoms with van der Waals surface area (Å²) in [5, 5.41) is 0. The van der Waals surface area contributed by atoms with Crippen molar-refractivity contribution in [2.45, 2.75) is 45.2 Å². The quantitative estimate of drug-likeness (QED) is 0.784. The van der Waals surface area contributed by atoms with Crippen LogP contribution in [-0.2, 0) is 13.1 Å². The molecule has 0 aliphatic heterocycles. The first-order chi connectivity index (χ1) is 6.88. The number of hydrogen-bond acceptors (Lipinski definition) is 1. The highest BCUT2D eigenvalue weighted by molar-refractivity contribution is 5.09. The zero-order valence-corrected chi connectivity index (χ0v) is 8.78. The van der Waals surface area contributed by atoms with E-state index in [0.717, 1.165) is 5.92 Å². The predicted octanol–water partition coefficient (Wildman–Crippen LogP) is 2.53.